The number of likely N-dealkylation sites (tertiary alicyclic amines) is 1. The average Bonchev–Trinajstić information content (AvgIpc) is 2.87. The molecule has 1 saturated heterocycles. The first kappa shape index (κ1) is 11.2. The van der Waals surface area contributed by atoms with Crippen molar-refractivity contribution in [3.8, 4) is 0 Å². The van der Waals surface area contributed by atoms with Gasteiger partial charge in [-0.1, -0.05) is 0 Å². The van der Waals surface area contributed by atoms with Crippen LogP contribution >= 0.6 is 0 Å². The van der Waals surface area contributed by atoms with E-state index in [0.29, 0.717) is 18.2 Å². The van der Waals surface area contributed by atoms with Gasteiger partial charge in [0.2, 0.25) is 5.76 Å². The fourth-order valence-electron chi connectivity index (χ4n) is 2.00. The molecule has 2 rings (SSSR count). The van der Waals surface area contributed by atoms with Crippen LogP contribution in [-0.4, -0.2) is 40.8 Å². The molecule has 0 aliphatic carbocycles. The Bertz CT molecular complexity index is 374. The van der Waals surface area contributed by atoms with Gasteiger partial charge in [0.05, 0.1) is 6.54 Å². The first-order valence-electron chi connectivity index (χ1n) is 5.34. The molecule has 5 nitrogen and oxygen atoms in total. The summed E-state index contributed by atoms with van der Waals surface area (Å²) in [6.45, 7) is 2.60. The molecule has 1 unspecified atom stereocenters. The van der Waals surface area contributed by atoms with Gasteiger partial charge in [-0.2, -0.15) is 0 Å². The number of nitrogens with zero attached hydrogens (tertiary/aromatic N) is 1. The fraction of sp³-hybridized carbons (Fsp3) is 0.545. The van der Waals surface area contributed by atoms with Gasteiger partial charge in [0.1, 0.15) is 5.76 Å². The van der Waals surface area contributed by atoms with Crippen LogP contribution in [-0.2, 0) is 6.54 Å². The van der Waals surface area contributed by atoms with Crippen molar-refractivity contribution in [3.63, 3.8) is 0 Å². The van der Waals surface area contributed by atoms with Crippen molar-refractivity contribution in [2.24, 2.45) is 5.92 Å². The highest BCUT2D eigenvalue weighted by atomic mass is 16.4. The van der Waals surface area contributed by atoms with E-state index in [9.17, 15) is 4.79 Å². The van der Waals surface area contributed by atoms with E-state index in [-0.39, 0.29) is 12.4 Å². The van der Waals surface area contributed by atoms with Gasteiger partial charge in [0.15, 0.2) is 0 Å². The van der Waals surface area contributed by atoms with Crippen molar-refractivity contribution in [1.29, 1.82) is 0 Å². The number of furan rings is 1. The third-order valence-corrected chi connectivity index (χ3v) is 2.88. The zero-order valence-electron chi connectivity index (χ0n) is 8.93. The Morgan fingerprint density at radius 3 is 2.94 bits per heavy atom. The number of hydrogen-bond donors (Lipinski definition) is 2. The third kappa shape index (κ3) is 2.43. The van der Waals surface area contributed by atoms with Gasteiger partial charge >= 0.3 is 5.97 Å². The molecule has 0 aromatic carbocycles. The highest BCUT2D eigenvalue weighted by Gasteiger charge is 2.22. The van der Waals surface area contributed by atoms with E-state index in [1.165, 1.54) is 6.07 Å². The molecule has 1 aliphatic rings. The Hall–Kier alpha value is -1.33. The summed E-state index contributed by atoms with van der Waals surface area (Å²) in [4.78, 5) is 12.8. The summed E-state index contributed by atoms with van der Waals surface area (Å²) < 4.78 is 5.17. The van der Waals surface area contributed by atoms with Crippen molar-refractivity contribution in [1.82, 2.24) is 4.90 Å². The minimum absolute atomic E-state index is 0.0205. The SMILES string of the molecule is O=C(O)c1ccc(CN2CCC(CO)C2)o1. The Labute approximate surface area is 93.3 Å². The Morgan fingerprint density at radius 2 is 2.38 bits per heavy atom. The van der Waals surface area contributed by atoms with E-state index in [1.807, 2.05) is 0 Å². The van der Waals surface area contributed by atoms with Crippen LogP contribution in [0.4, 0.5) is 0 Å². The maximum Gasteiger partial charge on any atom is 0.371 e. The van der Waals surface area contributed by atoms with Crippen LogP contribution in [0.25, 0.3) is 0 Å². The van der Waals surface area contributed by atoms with Crippen LogP contribution in [0.3, 0.4) is 0 Å². The molecule has 0 bridgehead atoms. The van der Waals surface area contributed by atoms with Crippen molar-refractivity contribution >= 4 is 5.97 Å². The quantitative estimate of drug-likeness (QED) is 0.792. The molecular formula is C11H15NO4. The van der Waals surface area contributed by atoms with Gasteiger partial charge in [-0.15, -0.1) is 0 Å². The number of carbonyl (C=O) groups is 1. The molecule has 1 aliphatic heterocycles. The van der Waals surface area contributed by atoms with Gasteiger partial charge < -0.3 is 14.6 Å². The van der Waals surface area contributed by atoms with Crippen LogP contribution in [0.2, 0.25) is 0 Å². The molecule has 1 aromatic rings. The second-order valence-electron chi connectivity index (χ2n) is 4.14. The first-order chi connectivity index (χ1) is 7.69. The van der Waals surface area contributed by atoms with Crippen molar-refractivity contribution in [3.05, 3.63) is 23.7 Å². The largest absolute Gasteiger partial charge is 0.475 e. The predicted molar refractivity (Wildman–Crippen MR) is 56.1 cm³/mol. The topological polar surface area (TPSA) is 73.9 Å². The molecule has 1 fully saturated rings. The summed E-state index contributed by atoms with van der Waals surface area (Å²) in [6.07, 6.45) is 0.989. The van der Waals surface area contributed by atoms with Gasteiger partial charge in [-0.05, 0) is 31.0 Å². The monoisotopic (exact) mass is 225 g/mol. The Kier molecular flexibility index (Phi) is 3.26. The van der Waals surface area contributed by atoms with E-state index in [0.717, 1.165) is 19.5 Å². The van der Waals surface area contributed by atoms with Gasteiger partial charge in [0.25, 0.3) is 0 Å². The normalized spacial score (nSPS) is 21.4. The maximum atomic E-state index is 10.6. The van der Waals surface area contributed by atoms with E-state index in [2.05, 4.69) is 4.90 Å². The van der Waals surface area contributed by atoms with Gasteiger partial charge in [-0.3, -0.25) is 4.90 Å². The molecule has 16 heavy (non-hydrogen) atoms. The molecule has 2 N–H and O–H groups in total. The zero-order chi connectivity index (χ0) is 11.5. The first-order valence-corrected chi connectivity index (χ1v) is 5.34. The average molecular weight is 225 g/mol. The minimum Gasteiger partial charge on any atom is -0.475 e. The van der Waals surface area contributed by atoms with Crippen molar-refractivity contribution < 1.29 is 19.4 Å². The predicted octanol–water partition coefficient (Wildman–Crippen LogP) is 0.792. The molecule has 1 aromatic heterocycles. The molecule has 0 saturated carbocycles. The number of hydrogen-bond acceptors (Lipinski definition) is 4. The van der Waals surface area contributed by atoms with Crippen molar-refractivity contribution in [2.75, 3.05) is 19.7 Å². The molecular weight excluding hydrogens is 210 g/mol. The van der Waals surface area contributed by atoms with E-state index >= 15 is 0 Å². The third-order valence-electron chi connectivity index (χ3n) is 2.88. The molecule has 5 heteroatoms. The fourth-order valence-corrected chi connectivity index (χ4v) is 2.00. The van der Waals surface area contributed by atoms with Crippen LogP contribution < -0.4 is 0 Å². The zero-order valence-corrected chi connectivity index (χ0v) is 8.93. The summed E-state index contributed by atoms with van der Waals surface area (Å²) >= 11 is 0. The van der Waals surface area contributed by atoms with Gasteiger partial charge in [0, 0.05) is 13.2 Å². The number of carboxylic acid groups (broad SMARTS) is 1. The molecule has 2 heterocycles. The smallest absolute Gasteiger partial charge is 0.371 e. The summed E-state index contributed by atoms with van der Waals surface area (Å²) in [5, 5.41) is 17.7. The maximum absolute atomic E-state index is 10.6. The van der Waals surface area contributed by atoms with Crippen LogP contribution in [0.5, 0.6) is 0 Å². The molecule has 0 spiro atoms. The minimum atomic E-state index is -1.04. The number of aliphatic hydroxyl groups excluding tert-OH is 1. The molecule has 0 amide bonds. The molecule has 1 atom stereocenters. The molecule has 88 valence electrons. The van der Waals surface area contributed by atoms with Crippen LogP contribution in [0.15, 0.2) is 16.5 Å². The number of carboxylic acids is 1. The second-order valence-corrected chi connectivity index (χ2v) is 4.14. The lowest BCUT2D eigenvalue weighted by atomic mass is 10.1. The standard InChI is InChI=1S/C11H15NO4/c13-7-8-3-4-12(5-8)6-9-1-2-10(16-9)11(14)15/h1-2,8,13H,3-7H2,(H,14,15). The van der Waals surface area contributed by atoms with Gasteiger partial charge in [-0.25, -0.2) is 4.79 Å². The van der Waals surface area contributed by atoms with Crippen LogP contribution in [0.1, 0.15) is 22.7 Å². The van der Waals surface area contributed by atoms with Crippen LogP contribution in [0, 0.1) is 5.92 Å². The number of aromatic carboxylic acids is 1. The highest BCUT2D eigenvalue weighted by molar-refractivity contribution is 5.84. The van der Waals surface area contributed by atoms with E-state index < -0.39 is 5.97 Å². The van der Waals surface area contributed by atoms with E-state index in [1.54, 1.807) is 6.07 Å². The Morgan fingerprint density at radius 1 is 1.56 bits per heavy atom. The van der Waals surface area contributed by atoms with Crippen molar-refractivity contribution in [2.45, 2.75) is 13.0 Å². The number of aliphatic hydroxyl groups is 1. The second kappa shape index (κ2) is 4.67. The summed E-state index contributed by atoms with van der Waals surface area (Å²) in [5.74, 6) is -0.0568. The number of rotatable bonds is 4. The Balaban J connectivity index is 1.92. The summed E-state index contributed by atoms with van der Waals surface area (Å²) in [6, 6.07) is 3.16. The lowest BCUT2D eigenvalue weighted by Crippen LogP contribution is -2.20. The lowest BCUT2D eigenvalue weighted by Gasteiger charge is -2.13. The molecule has 0 radical (unpaired) electrons. The lowest BCUT2D eigenvalue weighted by molar-refractivity contribution is 0.0658. The summed E-state index contributed by atoms with van der Waals surface area (Å²) in [7, 11) is 0. The summed E-state index contributed by atoms with van der Waals surface area (Å²) in [5.41, 5.74) is 0. The van der Waals surface area contributed by atoms with E-state index in [4.69, 9.17) is 14.6 Å². The highest BCUT2D eigenvalue weighted by Crippen LogP contribution is 2.19.